The van der Waals surface area contributed by atoms with E-state index in [1.54, 1.807) is 6.92 Å². The van der Waals surface area contributed by atoms with Gasteiger partial charge in [-0.3, -0.25) is 0 Å². The molecule has 1 aliphatic rings. The van der Waals surface area contributed by atoms with Crippen LogP contribution in [0.3, 0.4) is 0 Å². The van der Waals surface area contributed by atoms with Crippen LogP contribution in [0.25, 0.3) is 0 Å². The van der Waals surface area contributed by atoms with Gasteiger partial charge in [0.05, 0.1) is 0 Å². The fraction of sp³-hybridized carbons (Fsp3) is 1.00. The van der Waals surface area contributed by atoms with Gasteiger partial charge in [-0.25, -0.2) is 0 Å². The van der Waals surface area contributed by atoms with Crippen LogP contribution in [-0.4, -0.2) is 108 Å². The van der Waals surface area contributed by atoms with E-state index >= 15 is 0 Å². The molecule has 3 atom stereocenters. The molecule has 0 bridgehead atoms. The van der Waals surface area contributed by atoms with Crippen molar-refractivity contribution < 1.29 is 40.3 Å². The van der Waals surface area contributed by atoms with Gasteiger partial charge in [-0.2, -0.15) is 0 Å². The number of aliphatic hydroxyl groups is 2. The summed E-state index contributed by atoms with van der Waals surface area (Å²) in [4.78, 5) is 4.54. The second-order valence-electron chi connectivity index (χ2n) is 6.96. The molecule has 158 valence electrons. The molecule has 0 spiro atoms. The summed E-state index contributed by atoms with van der Waals surface area (Å²) < 4.78 is 22.8. The first-order valence-electron chi connectivity index (χ1n) is 9.26. The SMILES string of the molecule is CCS(#[O+])(O)CCN1CCN([I-]C(O)O)CCN(C)[C@H](C)CNC[C@@H]1C. The first-order valence-corrected chi connectivity index (χ1v) is 13.3. The minimum absolute atomic E-state index is 0.248. The van der Waals surface area contributed by atoms with E-state index in [0.29, 0.717) is 12.6 Å². The van der Waals surface area contributed by atoms with Gasteiger partial charge < -0.3 is 0 Å². The Morgan fingerprint density at radius 3 is 2.38 bits per heavy atom. The van der Waals surface area contributed by atoms with Crippen LogP contribution >= 0.6 is 10.1 Å². The van der Waals surface area contributed by atoms with Crippen molar-refractivity contribution in [1.82, 2.24) is 18.2 Å². The fourth-order valence-corrected chi connectivity index (χ4v) is 5.30. The average Bonchev–Trinajstić information content (AvgIpc) is 2.57. The number of rotatable bonds is 4. The Hall–Kier alpha value is 0.760. The van der Waals surface area contributed by atoms with E-state index in [1.807, 2.05) is 0 Å². The van der Waals surface area contributed by atoms with Gasteiger partial charge >= 0.3 is 170 Å². The molecule has 1 unspecified atom stereocenters. The Balaban J connectivity index is 2.78. The Kier molecular flexibility index (Phi) is 11.8. The summed E-state index contributed by atoms with van der Waals surface area (Å²) in [6.07, 6.45) is 0. The molecule has 0 aliphatic carbocycles. The van der Waals surface area contributed by atoms with Crippen LogP contribution in [0.1, 0.15) is 20.8 Å². The van der Waals surface area contributed by atoms with E-state index in [0.717, 1.165) is 39.3 Å². The molecule has 1 saturated heterocycles. The van der Waals surface area contributed by atoms with Crippen molar-refractivity contribution in [2.45, 2.75) is 37.2 Å². The van der Waals surface area contributed by atoms with Crippen LogP contribution in [-0.2, 0) is 4.04 Å². The summed E-state index contributed by atoms with van der Waals surface area (Å²) in [5, 5.41) is 22.4. The molecule has 10 heteroatoms. The van der Waals surface area contributed by atoms with E-state index < -0.39 is 35.8 Å². The van der Waals surface area contributed by atoms with Crippen molar-refractivity contribution in [2.24, 2.45) is 0 Å². The third-order valence-electron chi connectivity index (χ3n) is 4.95. The van der Waals surface area contributed by atoms with Gasteiger partial charge in [0.1, 0.15) is 0 Å². The number of hydrogen-bond donors (Lipinski definition) is 4. The zero-order valence-corrected chi connectivity index (χ0v) is 19.4. The molecule has 1 fully saturated rings. The predicted molar refractivity (Wildman–Crippen MR) is 102 cm³/mol. The summed E-state index contributed by atoms with van der Waals surface area (Å²) in [5.41, 5.74) is 0. The molecule has 0 aromatic heterocycles. The molecule has 1 aliphatic heterocycles. The molecule has 8 nitrogen and oxygen atoms in total. The first kappa shape index (κ1) is 24.8. The number of aliphatic hydroxyl groups excluding tert-OH is 1. The predicted octanol–water partition coefficient (Wildman–Crippen LogP) is -3.18. The van der Waals surface area contributed by atoms with Gasteiger partial charge in [-0.15, -0.1) is 0 Å². The Morgan fingerprint density at radius 2 is 1.77 bits per heavy atom. The van der Waals surface area contributed by atoms with Crippen molar-refractivity contribution in [1.29, 1.82) is 0 Å². The minimum atomic E-state index is -2.75. The van der Waals surface area contributed by atoms with Crippen molar-refractivity contribution in [3.63, 3.8) is 0 Å². The summed E-state index contributed by atoms with van der Waals surface area (Å²) in [6, 6.07) is 0.642. The van der Waals surface area contributed by atoms with Crippen molar-refractivity contribution in [3.05, 3.63) is 0 Å². The van der Waals surface area contributed by atoms with Gasteiger partial charge in [0.15, 0.2) is 0 Å². The van der Waals surface area contributed by atoms with Crippen LogP contribution in [0.15, 0.2) is 0 Å². The molecular formula is C16H37IN4O4S. The molecule has 4 N–H and O–H groups in total. The Labute approximate surface area is 169 Å². The number of alkyl halides is 1. The van der Waals surface area contributed by atoms with Gasteiger partial charge in [-0.05, 0) is 0 Å². The van der Waals surface area contributed by atoms with Gasteiger partial charge in [-0.1, -0.05) is 0 Å². The first-order chi connectivity index (χ1) is 12.1. The maximum absolute atomic E-state index is 12.0. The second kappa shape index (κ2) is 12.3. The zero-order valence-electron chi connectivity index (χ0n) is 16.5. The average molecular weight is 508 g/mol. The molecule has 1 rings (SSSR count). The molecule has 0 saturated carbocycles. The standard InChI is InChI=1S/C16H37IN4O4S/c1-5-26(24,25)11-10-20-7-9-21(17-16(22)23)8-6-19(4)14(2)12-18-13-15(20)3/h14-16,18,22-24H,5-13H2,1-4H3/t14-,15+/m1/s1. The van der Waals surface area contributed by atoms with E-state index in [2.05, 4.69) is 39.1 Å². The molecule has 1 heterocycles. The molecule has 0 radical (unpaired) electrons. The molecule has 0 aromatic rings. The summed E-state index contributed by atoms with van der Waals surface area (Å²) in [5.74, 6) is 0.566. The van der Waals surface area contributed by atoms with E-state index in [4.69, 9.17) is 0 Å². The molecule has 26 heavy (non-hydrogen) atoms. The van der Waals surface area contributed by atoms with Crippen molar-refractivity contribution >= 4 is 10.1 Å². The monoisotopic (exact) mass is 508 g/mol. The third kappa shape index (κ3) is 9.80. The van der Waals surface area contributed by atoms with Gasteiger partial charge in [0, 0.05) is 0 Å². The van der Waals surface area contributed by atoms with Gasteiger partial charge in [0.2, 0.25) is 0 Å². The van der Waals surface area contributed by atoms with Crippen molar-refractivity contribution in [2.75, 3.05) is 64.4 Å². The van der Waals surface area contributed by atoms with Crippen LogP contribution in [0.5, 0.6) is 0 Å². The normalized spacial score (nSPS) is 28.6. The number of nitrogens with one attached hydrogen (secondary N) is 1. The van der Waals surface area contributed by atoms with Gasteiger partial charge in [0.25, 0.3) is 0 Å². The van der Waals surface area contributed by atoms with Crippen LogP contribution < -0.4 is 26.8 Å². The maximum atomic E-state index is 12.0. The Morgan fingerprint density at radius 1 is 1.15 bits per heavy atom. The molecule has 0 aromatic carbocycles. The van der Waals surface area contributed by atoms with E-state index in [1.165, 1.54) is 0 Å². The van der Waals surface area contributed by atoms with Crippen LogP contribution in [0.2, 0.25) is 0 Å². The zero-order chi connectivity index (χ0) is 19.7. The molecule has 0 amide bonds. The topological polar surface area (TPSA) is 102 Å². The van der Waals surface area contributed by atoms with E-state index in [-0.39, 0.29) is 17.5 Å². The molecular weight excluding hydrogens is 471 g/mol. The second-order valence-corrected chi connectivity index (χ2v) is 12.5. The number of hydrogen-bond acceptors (Lipinski definition) is 7. The van der Waals surface area contributed by atoms with E-state index in [9.17, 15) is 18.8 Å². The van der Waals surface area contributed by atoms with Crippen molar-refractivity contribution in [3.8, 4) is 0 Å². The summed E-state index contributed by atoms with van der Waals surface area (Å²) in [7, 11) is -0.647. The number of halogens is 1. The third-order valence-corrected chi connectivity index (χ3v) is 8.93. The van der Waals surface area contributed by atoms with Crippen LogP contribution in [0, 0.1) is 0 Å². The summed E-state index contributed by atoms with van der Waals surface area (Å²) in [6.45, 7) is 11.6. The number of nitrogens with zero attached hydrogens (tertiary/aromatic N) is 3. The quantitative estimate of drug-likeness (QED) is 0.104. The fourth-order valence-electron chi connectivity index (χ4n) is 2.80. The number of likely N-dealkylation sites (N-methyl/N-ethyl adjacent to an activating group) is 1. The Bertz CT molecular complexity index is 502. The van der Waals surface area contributed by atoms with Crippen LogP contribution in [0.4, 0.5) is 0 Å². The summed E-state index contributed by atoms with van der Waals surface area (Å²) >= 11 is -0.857.